The molecule has 2 aromatic rings. The van der Waals surface area contributed by atoms with Crippen LogP contribution in [0.2, 0.25) is 0 Å². The molecule has 1 aliphatic rings. The number of rotatable bonds is 5. The van der Waals surface area contributed by atoms with E-state index in [-0.39, 0.29) is 18.1 Å². The zero-order valence-corrected chi connectivity index (χ0v) is 15.2. The summed E-state index contributed by atoms with van der Waals surface area (Å²) < 4.78 is 1.10. The lowest BCUT2D eigenvalue weighted by Gasteiger charge is -2.35. The van der Waals surface area contributed by atoms with E-state index in [1.54, 1.807) is 4.90 Å². The van der Waals surface area contributed by atoms with Crippen LogP contribution in [0.25, 0.3) is 0 Å². The lowest BCUT2D eigenvalue weighted by molar-refractivity contribution is -0.385. The number of amides is 1. The molecule has 1 aliphatic heterocycles. The normalized spacial score (nSPS) is 14.9. The third kappa shape index (κ3) is 4.79. The number of hydrogen-bond acceptors (Lipinski definition) is 5. The molecule has 1 aromatic carbocycles. The molecular formula is C19H22N4O4. The number of carbonyl (C=O) groups is 1. The fourth-order valence-corrected chi connectivity index (χ4v) is 3.22. The zero-order valence-electron chi connectivity index (χ0n) is 15.2. The van der Waals surface area contributed by atoms with Crippen molar-refractivity contribution in [1.82, 2.24) is 14.4 Å². The topological polar surface area (TPSA) is 88.7 Å². The molecule has 8 heteroatoms. The molecule has 0 bridgehead atoms. The van der Waals surface area contributed by atoms with E-state index < -0.39 is 10.5 Å². The molecule has 0 atom stereocenters. The summed E-state index contributed by atoms with van der Waals surface area (Å²) in [4.78, 5) is 38.6. The van der Waals surface area contributed by atoms with E-state index in [0.29, 0.717) is 13.1 Å². The average molecular weight is 370 g/mol. The minimum Gasteiger partial charge on any atom is -0.339 e. The molecule has 0 aliphatic carbocycles. The van der Waals surface area contributed by atoms with Gasteiger partial charge in [-0.2, -0.15) is 0 Å². The largest absolute Gasteiger partial charge is 0.339 e. The third-order valence-corrected chi connectivity index (χ3v) is 4.70. The molecule has 1 aromatic heterocycles. The van der Waals surface area contributed by atoms with Crippen molar-refractivity contribution in [3.05, 3.63) is 74.2 Å². The molecular weight excluding hydrogens is 348 g/mol. The Morgan fingerprint density at radius 1 is 1.15 bits per heavy atom. The van der Waals surface area contributed by atoms with Crippen molar-refractivity contribution in [2.75, 3.05) is 26.2 Å². The summed E-state index contributed by atoms with van der Waals surface area (Å²) in [6, 6.07) is 10.6. The number of benzene rings is 1. The van der Waals surface area contributed by atoms with Gasteiger partial charge in [0.2, 0.25) is 5.91 Å². The first-order valence-corrected chi connectivity index (χ1v) is 8.83. The van der Waals surface area contributed by atoms with Gasteiger partial charge in [-0.15, -0.1) is 0 Å². The predicted octanol–water partition coefficient (Wildman–Crippen LogP) is 1.41. The highest BCUT2D eigenvalue weighted by molar-refractivity contribution is 5.76. The van der Waals surface area contributed by atoms with Crippen molar-refractivity contribution >= 4 is 11.6 Å². The van der Waals surface area contributed by atoms with Gasteiger partial charge in [-0.05, 0) is 12.5 Å². The van der Waals surface area contributed by atoms with Gasteiger partial charge < -0.3 is 4.90 Å². The second kappa shape index (κ2) is 8.13. The fraction of sp³-hybridized carbons (Fsp3) is 0.368. The molecule has 0 saturated carbocycles. The standard InChI is InChI=1S/C19H22N4O4/c1-15-3-2-4-16(11-15)12-20-7-9-21(10-8-20)19(25)14-22-13-17(23(26)27)5-6-18(22)24/h2-6,11,13H,7-10,12,14H2,1H3. The summed E-state index contributed by atoms with van der Waals surface area (Å²) in [7, 11) is 0. The van der Waals surface area contributed by atoms with E-state index in [9.17, 15) is 19.7 Å². The van der Waals surface area contributed by atoms with Gasteiger partial charge in [0.05, 0.1) is 11.1 Å². The van der Waals surface area contributed by atoms with Crippen LogP contribution in [0.3, 0.4) is 0 Å². The van der Waals surface area contributed by atoms with Crippen LogP contribution in [0.4, 0.5) is 5.69 Å². The van der Waals surface area contributed by atoms with E-state index in [2.05, 4.69) is 30.0 Å². The van der Waals surface area contributed by atoms with E-state index in [1.165, 1.54) is 11.1 Å². The Bertz CT molecular complexity index is 901. The molecule has 1 amide bonds. The lowest BCUT2D eigenvalue weighted by Crippen LogP contribution is -2.49. The minimum atomic E-state index is -0.579. The van der Waals surface area contributed by atoms with Crippen LogP contribution in [0.15, 0.2) is 47.4 Å². The first-order chi connectivity index (χ1) is 12.9. The number of hydrogen-bond donors (Lipinski definition) is 0. The monoisotopic (exact) mass is 370 g/mol. The summed E-state index contributed by atoms with van der Waals surface area (Å²) in [5, 5.41) is 10.8. The SMILES string of the molecule is Cc1cccc(CN2CCN(C(=O)Cn3cc([N+](=O)[O-])ccc3=O)CC2)c1. The van der Waals surface area contributed by atoms with E-state index in [1.807, 2.05) is 6.07 Å². The maximum Gasteiger partial charge on any atom is 0.285 e. The first kappa shape index (κ1) is 18.8. The Morgan fingerprint density at radius 2 is 1.89 bits per heavy atom. The summed E-state index contributed by atoms with van der Waals surface area (Å²) in [5.41, 5.74) is 1.85. The highest BCUT2D eigenvalue weighted by Crippen LogP contribution is 2.11. The zero-order chi connectivity index (χ0) is 19.4. The van der Waals surface area contributed by atoms with Crippen LogP contribution in [0.1, 0.15) is 11.1 Å². The van der Waals surface area contributed by atoms with Crippen LogP contribution >= 0.6 is 0 Å². The molecule has 0 radical (unpaired) electrons. The number of carbonyl (C=O) groups excluding carboxylic acids is 1. The highest BCUT2D eigenvalue weighted by atomic mass is 16.6. The molecule has 3 rings (SSSR count). The number of nitro groups is 1. The van der Waals surface area contributed by atoms with Crippen LogP contribution in [-0.2, 0) is 17.9 Å². The highest BCUT2D eigenvalue weighted by Gasteiger charge is 2.22. The van der Waals surface area contributed by atoms with Gasteiger partial charge in [0.25, 0.3) is 11.2 Å². The second-order valence-corrected chi connectivity index (χ2v) is 6.76. The average Bonchev–Trinajstić information content (AvgIpc) is 2.64. The van der Waals surface area contributed by atoms with E-state index in [4.69, 9.17) is 0 Å². The number of nitrogens with zero attached hydrogens (tertiary/aromatic N) is 4. The first-order valence-electron chi connectivity index (χ1n) is 8.83. The molecule has 2 heterocycles. The summed E-state index contributed by atoms with van der Waals surface area (Å²) >= 11 is 0. The van der Waals surface area contributed by atoms with Gasteiger partial charge in [-0.1, -0.05) is 29.8 Å². The van der Waals surface area contributed by atoms with Crippen molar-refractivity contribution in [2.24, 2.45) is 0 Å². The van der Waals surface area contributed by atoms with Crippen molar-refractivity contribution in [1.29, 1.82) is 0 Å². The van der Waals surface area contributed by atoms with Crippen molar-refractivity contribution in [3.8, 4) is 0 Å². The number of aryl methyl sites for hydroxylation is 1. The Balaban J connectivity index is 1.56. The summed E-state index contributed by atoms with van der Waals surface area (Å²) in [6.45, 7) is 5.39. The Morgan fingerprint density at radius 3 is 2.56 bits per heavy atom. The van der Waals surface area contributed by atoms with E-state index >= 15 is 0 Å². The smallest absolute Gasteiger partial charge is 0.285 e. The van der Waals surface area contributed by atoms with Crippen molar-refractivity contribution in [2.45, 2.75) is 20.0 Å². The van der Waals surface area contributed by atoms with Gasteiger partial charge in [0, 0.05) is 44.9 Å². The van der Waals surface area contributed by atoms with Gasteiger partial charge in [0.15, 0.2) is 0 Å². The Kier molecular flexibility index (Phi) is 5.66. The Hall–Kier alpha value is -3.00. The fourth-order valence-electron chi connectivity index (χ4n) is 3.22. The quantitative estimate of drug-likeness (QED) is 0.586. The number of piperazine rings is 1. The number of pyridine rings is 1. The molecule has 0 N–H and O–H groups in total. The van der Waals surface area contributed by atoms with Gasteiger partial charge in [0.1, 0.15) is 6.54 Å². The van der Waals surface area contributed by atoms with Crippen LogP contribution in [0, 0.1) is 17.0 Å². The maximum absolute atomic E-state index is 12.5. The third-order valence-electron chi connectivity index (χ3n) is 4.70. The molecule has 142 valence electrons. The molecule has 1 saturated heterocycles. The summed E-state index contributed by atoms with van der Waals surface area (Å²) in [5.74, 6) is -0.201. The van der Waals surface area contributed by atoms with Gasteiger partial charge in [-0.25, -0.2) is 0 Å². The molecule has 1 fully saturated rings. The second-order valence-electron chi connectivity index (χ2n) is 6.76. The van der Waals surface area contributed by atoms with Crippen LogP contribution in [-0.4, -0.2) is 51.4 Å². The maximum atomic E-state index is 12.5. The lowest BCUT2D eigenvalue weighted by atomic mass is 10.1. The van der Waals surface area contributed by atoms with Crippen LogP contribution < -0.4 is 5.56 Å². The summed E-state index contributed by atoms with van der Waals surface area (Å²) in [6.07, 6.45) is 1.12. The van der Waals surface area contributed by atoms with Crippen molar-refractivity contribution < 1.29 is 9.72 Å². The molecule has 0 spiro atoms. The minimum absolute atomic E-state index is 0.182. The van der Waals surface area contributed by atoms with E-state index in [0.717, 1.165) is 42.5 Å². The molecule has 8 nitrogen and oxygen atoms in total. The van der Waals surface area contributed by atoms with Crippen LogP contribution in [0.5, 0.6) is 0 Å². The molecule has 0 unspecified atom stereocenters. The number of aromatic nitrogens is 1. The Labute approximate surface area is 156 Å². The predicted molar refractivity (Wildman–Crippen MR) is 100 cm³/mol. The van der Waals surface area contributed by atoms with Gasteiger partial charge in [-0.3, -0.25) is 29.2 Å². The van der Waals surface area contributed by atoms with Crippen molar-refractivity contribution in [3.63, 3.8) is 0 Å². The molecule has 27 heavy (non-hydrogen) atoms. The van der Waals surface area contributed by atoms with Gasteiger partial charge >= 0.3 is 0 Å².